The summed E-state index contributed by atoms with van der Waals surface area (Å²) in [6.07, 6.45) is 6.61. The lowest BCUT2D eigenvalue weighted by atomic mass is 10.00. The van der Waals surface area contributed by atoms with Crippen LogP contribution in [0.15, 0.2) is 12.4 Å². The molecule has 1 aromatic rings. The number of hydrogen-bond acceptors (Lipinski definition) is 4. The molecule has 0 radical (unpaired) electrons. The molecule has 0 aromatic carbocycles. The normalized spacial score (nSPS) is 21.2. The van der Waals surface area contributed by atoms with Gasteiger partial charge in [-0.15, -0.1) is 12.4 Å². The third kappa shape index (κ3) is 4.50. The maximum Gasteiger partial charge on any atom is 0.239 e. The molecular formula is C12H20ClN5O2. The van der Waals surface area contributed by atoms with Crippen molar-refractivity contribution in [2.24, 2.45) is 17.4 Å². The average Bonchev–Trinajstić information content (AvgIpc) is 2.89. The van der Waals surface area contributed by atoms with E-state index in [1.807, 2.05) is 0 Å². The van der Waals surface area contributed by atoms with Crippen LogP contribution in [0.1, 0.15) is 25.7 Å². The summed E-state index contributed by atoms with van der Waals surface area (Å²) in [6.45, 7) is 0.00334. The molecular weight excluding hydrogens is 282 g/mol. The third-order valence-corrected chi connectivity index (χ3v) is 3.40. The van der Waals surface area contributed by atoms with Gasteiger partial charge < -0.3 is 16.8 Å². The predicted molar refractivity (Wildman–Crippen MR) is 77.2 cm³/mol. The van der Waals surface area contributed by atoms with Crippen LogP contribution in [0.2, 0.25) is 0 Å². The second kappa shape index (κ2) is 7.25. The molecule has 1 heterocycles. The number of nitrogens with one attached hydrogen (secondary N) is 1. The van der Waals surface area contributed by atoms with Crippen molar-refractivity contribution in [3.63, 3.8) is 0 Å². The number of aromatic nitrogens is 2. The quantitative estimate of drug-likeness (QED) is 0.722. The van der Waals surface area contributed by atoms with E-state index in [4.69, 9.17) is 11.5 Å². The van der Waals surface area contributed by atoms with Crippen LogP contribution in [0.25, 0.3) is 0 Å². The number of amides is 2. The molecule has 1 fully saturated rings. The molecule has 1 aromatic heterocycles. The topological polar surface area (TPSA) is 116 Å². The fourth-order valence-electron chi connectivity index (χ4n) is 2.44. The van der Waals surface area contributed by atoms with Crippen LogP contribution in [-0.2, 0) is 16.1 Å². The van der Waals surface area contributed by atoms with Gasteiger partial charge in [-0.1, -0.05) is 6.42 Å². The summed E-state index contributed by atoms with van der Waals surface area (Å²) in [5, 5.41) is 6.69. The smallest absolute Gasteiger partial charge is 0.239 e. The van der Waals surface area contributed by atoms with Gasteiger partial charge in [0.05, 0.1) is 11.9 Å². The zero-order valence-electron chi connectivity index (χ0n) is 11.1. The number of carbonyl (C=O) groups is 2. The molecule has 1 saturated carbocycles. The Kier molecular flexibility index (Phi) is 5.97. The van der Waals surface area contributed by atoms with E-state index in [1.165, 1.54) is 10.9 Å². The highest BCUT2D eigenvalue weighted by Gasteiger charge is 2.26. The van der Waals surface area contributed by atoms with E-state index >= 15 is 0 Å². The van der Waals surface area contributed by atoms with Gasteiger partial charge in [-0.05, 0) is 18.8 Å². The Labute approximate surface area is 123 Å². The van der Waals surface area contributed by atoms with Gasteiger partial charge in [0.15, 0.2) is 0 Å². The number of nitrogens with zero attached hydrogens (tertiary/aromatic N) is 2. The molecule has 2 amide bonds. The molecule has 5 N–H and O–H groups in total. The van der Waals surface area contributed by atoms with Crippen LogP contribution in [0.5, 0.6) is 0 Å². The van der Waals surface area contributed by atoms with Gasteiger partial charge >= 0.3 is 0 Å². The summed E-state index contributed by atoms with van der Waals surface area (Å²) in [4.78, 5) is 22.6. The van der Waals surface area contributed by atoms with E-state index in [9.17, 15) is 9.59 Å². The lowest BCUT2D eigenvalue weighted by molar-refractivity contribution is -0.119. The maximum atomic E-state index is 11.9. The summed E-state index contributed by atoms with van der Waals surface area (Å²) in [5.41, 5.74) is 11.6. The number of nitrogens with two attached hydrogens (primary N) is 2. The first kappa shape index (κ1) is 16.5. The standard InChI is InChI=1S/C12H19N5O2.ClH/c13-10-3-1-2-8(10)4-12(19)16-9-5-15-17(6-9)7-11(14)18;/h5-6,8,10H,1-4,7,13H2,(H2,14,18)(H,16,19);1H/t8-,10+;/m0./s1. The van der Waals surface area contributed by atoms with Crippen molar-refractivity contribution in [2.75, 3.05) is 5.32 Å². The first-order valence-corrected chi connectivity index (χ1v) is 6.41. The molecule has 7 nitrogen and oxygen atoms in total. The summed E-state index contributed by atoms with van der Waals surface area (Å²) in [5.74, 6) is -0.278. The van der Waals surface area contributed by atoms with Crippen LogP contribution in [-0.4, -0.2) is 27.6 Å². The van der Waals surface area contributed by atoms with Gasteiger partial charge in [-0.3, -0.25) is 14.3 Å². The molecule has 0 saturated heterocycles. The Bertz CT molecular complexity index is 476. The molecule has 0 aliphatic heterocycles. The molecule has 0 bridgehead atoms. The van der Waals surface area contributed by atoms with Crippen LogP contribution in [0.3, 0.4) is 0 Å². The van der Waals surface area contributed by atoms with Crippen LogP contribution >= 0.6 is 12.4 Å². The number of hydrogen-bond donors (Lipinski definition) is 3. The predicted octanol–water partition coefficient (Wildman–Crippen LogP) is 0.246. The van der Waals surface area contributed by atoms with Gasteiger partial charge in [0.1, 0.15) is 6.54 Å². The second-order valence-electron chi connectivity index (χ2n) is 5.00. The SMILES string of the molecule is Cl.NC(=O)Cn1cc(NC(=O)C[C@@H]2CCC[C@H]2N)cn1. The summed E-state index contributed by atoms with van der Waals surface area (Å²) < 4.78 is 1.39. The summed E-state index contributed by atoms with van der Waals surface area (Å²) in [7, 11) is 0. The number of carbonyl (C=O) groups excluding carboxylic acids is 2. The first-order chi connectivity index (χ1) is 9.04. The monoisotopic (exact) mass is 301 g/mol. The van der Waals surface area contributed by atoms with E-state index < -0.39 is 5.91 Å². The van der Waals surface area contributed by atoms with Crippen molar-refractivity contribution in [1.82, 2.24) is 9.78 Å². The lowest BCUT2D eigenvalue weighted by Gasteiger charge is -2.14. The van der Waals surface area contributed by atoms with Gasteiger partial charge in [0.25, 0.3) is 0 Å². The minimum Gasteiger partial charge on any atom is -0.368 e. The van der Waals surface area contributed by atoms with E-state index in [0.29, 0.717) is 12.1 Å². The number of halogens is 1. The van der Waals surface area contributed by atoms with Crippen LogP contribution in [0.4, 0.5) is 5.69 Å². The highest BCUT2D eigenvalue weighted by atomic mass is 35.5. The van der Waals surface area contributed by atoms with E-state index in [2.05, 4.69) is 10.4 Å². The molecule has 1 aliphatic carbocycles. The van der Waals surface area contributed by atoms with Crippen molar-refractivity contribution in [1.29, 1.82) is 0 Å². The molecule has 2 rings (SSSR count). The van der Waals surface area contributed by atoms with Crippen LogP contribution < -0.4 is 16.8 Å². The second-order valence-corrected chi connectivity index (χ2v) is 5.00. The van der Waals surface area contributed by atoms with Crippen molar-refractivity contribution in [2.45, 2.75) is 38.3 Å². The zero-order valence-corrected chi connectivity index (χ0v) is 11.9. The highest BCUT2D eigenvalue weighted by molar-refractivity contribution is 5.90. The van der Waals surface area contributed by atoms with E-state index in [-0.39, 0.29) is 36.8 Å². The Morgan fingerprint density at radius 2 is 2.20 bits per heavy atom. The molecule has 0 spiro atoms. The fraction of sp³-hybridized carbons (Fsp3) is 0.583. The van der Waals surface area contributed by atoms with E-state index in [1.54, 1.807) is 6.20 Å². The molecule has 0 unspecified atom stereocenters. The minimum atomic E-state index is -0.474. The molecule has 1 aliphatic rings. The summed E-state index contributed by atoms with van der Waals surface area (Å²) >= 11 is 0. The maximum absolute atomic E-state index is 11.9. The van der Waals surface area contributed by atoms with Crippen molar-refractivity contribution in [3.05, 3.63) is 12.4 Å². The van der Waals surface area contributed by atoms with Crippen LogP contribution in [0, 0.1) is 5.92 Å². The van der Waals surface area contributed by atoms with Gasteiger partial charge in [-0.2, -0.15) is 5.10 Å². The zero-order chi connectivity index (χ0) is 13.8. The molecule has 20 heavy (non-hydrogen) atoms. The van der Waals surface area contributed by atoms with Gasteiger partial charge in [0, 0.05) is 18.7 Å². The Morgan fingerprint density at radius 3 is 2.80 bits per heavy atom. The van der Waals surface area contributed by atoms with Gasteiger partial charge in [-0.25, -0.2) is 0 Å². The third-order valence-electron chi connectivity index (χ3n) is 3.40. The Balaban J connectivity index is 0.00000200. The average molecular weight is 302 g/mol. The molecule has 112 valence electrons. The lowest BCUT2D eigenvalue weighted by Crippen LogP contribution is -2.28. The van der Waals surface area contributed by atoms with Gasteiger partial charge in [0.2, 0.25) is 11.8 Å². The van der Waals surface area contributed by atoms with E-state index in [0.717, 1.165) is 19.3 Å². The number of rotatable bonds is 5. The minimum absolute atomic E-state index is 0. The first-order valence-electron chi connectivity index (χ1n) is 6.41. The van der Waals surface area contributed by atoms with Crippen molar-refractivity contribution < 1.29 is 9.59 Å². The highest BCUT2D eigenvalue weighted by Crippen LogP contribution is 2.27. The fourth-order valence-corrected chi connectivity index (χ4v) is 2.44. The molecule has 8 heteroatoms. The molecule has 2 atom stereocenters. The number of anilines is 1. The Hall–Kier alpha value is -1.60. The van der Waals surface area contributed by atoms with Crippen molar-refractivity contribution in [3.8, 4) is 0 Å². The largest absolute Gasteiger partial charge is 0.368 e. The Morgan fingerprint density at radius 1 is 1.45 bits per heavy atom. The van der Waals surface area contributed by atoms with Crippen molar-refractivity contribution >= 4 is 29.9 Å². The summed E-state index contributed by atoms with van der Waals surface area (Å²) in [6, 6.07) is 0.128. The number of primary amides is 1.